The van der Waals surface area contributed by atoms with Crippen LogP contribution in [-0.4, -0.2) is 29.0 Å². The van der Waals surface area contributed by atoms with Crippen LogP contribution in [0.5, 0.6) is 0 Å². The van der Waals surface area contributed by atoms with E-state index in [1.807, 2.05) is 0 Å². The molecular formula is C18H21PSe2. The number of rotatable bonds is 3. The Balaban J connectivity index is 2.04. The maximum absolute atomic E-state index is 2.42. The van der Waals surface area contributed by atoms with Crippen molar-refractivity contribution in [2.24, 2.45) is 0 Å². The van der Waals surface area contributed by atoms with Crippen LogP contribution in [0.4, 0.5) is 0 Å². The van der Waals surface area contributed by atoms with Crippen molar-refractivity contribution in [3.8, 4) is 0 Å². The van der Waals surface area contributed by atoms with Crippen molar-refractivity contribution in [2.75, 3.05) is 0 Å². The Bertz CT molecular complexity index is 598. The van der Waals surface area contributed by atoms with Crippen LogP contribution in [0.1, 0.15) is 50.7 Å². The molecule has 0 saturated carbocycles. The van der Waals surface area contributed by atoms with E-state index in [-0.39, 0.29) is 5.30 Å². The van der Waals surface area contributed by atoms with E-state index in [2.05, 4.69) is 70.2 Å². The SMILES string of the molecule is CC(C)c1ccc(C(C)C)c2c1[Se]P(c1ccccc1)[Se]2. The Morgan fingerprint density at radius 2 is 1.19 bits per heavy atom. The normalized spacial score (nSPS) is 15.0. The Labute approximate surface area is 141 Å². The van der Waals surface area contributed by atoms with Gasteiger partial charge in [-0.3, -0.25) is 0 Å². The third-order valence-electron chi connectivity index (χ3n) is 3.73. The minimum atomic E-state index is 0.0760. The van der Waals surface area contributed by atoms with Gasteiger partial charge in [-0.25, -0.2) is 0 Å². The molecule has 1 heterocycles. The van der Waals surface area contributed by atoms with E-state index in [0.717, 1.165) is 0 Å². The molecule has 110 valence electrons. The summed E-state index contributed by atoms with van der Waals surface area (Å²) in [5.74, 6) is 1.31. The molecule has 0 saturated heterocycles. The maximum atomic E-state index is 2.42. The van der Waals surface area contributed by atoms with Crippen LogP contribution in [0.2, 0.25) is 0 Å². The first kappa shape index (κ1) is 15.8. The van der Waals surface area contributed by atoms with Crippen molar-refractivity contribution < 1.29 is 0 Å². The Hall–Kier alpha value is -0.0910. The summed E-state index contributed by atoms with van der Waals surface area (Å²) in [4.78, 5) is 0. The van der Waals surface area contributed by atoms with Crippen LogP contribution in [-0.2, 0) is 0 Å². The molecule has 0 radical (unpaired) electrons. The third kappa shape index (κ3) is 3.17. The van der Waals surface area contributed by atoms with Crippen molar-refractivity contribution in [1.29, 1.82) is 0 Å². The topological polar surface area (TPSA) is 0 Å². The van der Waals surface area contributed by atoms with Gasteiger partial charge in [0.25, 0.3) is 0 Å². The van der Waals surface area contributed by atoms with E-state index in [1.54, 1.807) is 25.4 Å². The molecule has 0 spiro atoms. The van der Waals surface area contributed by atoms with Crippen LogP contribution in [0.25, 0.3) is 0 Å². The van der Waals surface area contributed by atoms with Crippen molar-refractivity contribution in [2.45, 2.75) is 39.5 Å². The molecule has 0 fully saturated rings. The van der Waals surface area contributed by atoms with Gasteiger partial charge in [-0.05, 0) is 0 Å². The van der Waals surface area contributed by atoms with Crippen molar-refractivity contribution in [3.05, 3.63) is 53.6 Å². The molecule has 1 aliphatic heterocycles. The zero-order valence-electron chi connectivity index (χ0n) is 13.0. The van der Waals surface area contributed by atoms with Crippen molar-refractivity contribution in [1.82, 2.24) is 0 Å². The van der Waals surface area contributed by atoms with E-state index in [9.17, 15) is 0 Å². The molecule has 3 rings (SSSR count). The predicted molar refractivity (Wildman–Crippen MR) is 98.4 cm³/mol. The van der Waals surface area contributed by atoms with E-state index in [1.165, 1.54) is 0 Å². The van der Waals surface area contributed by atoms with Gasteiger partial charge in [0.05, 0.1) is 0 Å². The first-order chi connectivity index (χ1) is 10.1. The van der Waals surface area contributed by atoms with Crippen LogP contribution in [0, 0.1) is 0 Å². The van der Waals surface area contributed by atoms with Gasteiger partial charge in [-0.15, -0.1) is 0 Å². The Morgan fingerprint density at radius 3 is 1.62 bits per heavy atom. The molecule has 3 heteroatoms. The summed E-state index contributed by atoms with van der Waals surface area (Å²) < 4.78 is 3.53. The van der Waals surface area contributed by atoms with E-state index in [4.69, 9.17) is 0 Å². The predicted octanol–water partition coefficient (Wildman–Crippen LogP) is 3.24. The van der Waals surface area contributed by atoms with Gasteiger partial charge >= 0.3 is 142 Å². The molecule has 0 nitrogen and oxygen atoms in total. The van der Waals surface area contributed by atoms with Gasteiger partial charge in [0.15, 0.2) is 0 Å². The number of fused-ring (bicyclic) bond motifs is 1. The number of hydrogen-bond acceptors (Lipinski definition) is 0. The molecular weight excluding hydrogens is 405 g/mol. The standard InChI is InChI=1S/C18H21PSe2/c1-12(2)15-10-11-16(13(3)4)18-17(15)20-19(21-18)14-8-6-5-7-9-14/h5-13H,1-4H3. The fraction of sp³-hybridized carbons (Fsp3) is 0.333. The zero-order chi connectivity index (χ0) is 15.0. The quantitative estimate of drug-likeness (QED) is 0.523. The molecule has 0 unspecified atom stereocenters. The van der Waals surface area contributed by atoms with Crippen LogP contribution < -0.4 is 14.2 Å². The first-order valence-corrected chi connectivity index (χ1v) is 14.9. The molecule has 1 aliphatic rings. The molecule has 0 amide bonds. The molecule has 2 aromatic carbocycles. The van der Waals surface area contributed by atoms with Gasteiger partial charge in [0.2, 0.25) is 0 Å². The van der Waals surface area contributed by atoms with Gasteiger partial charge < -0.3 is 0 Å². The van der Waals surface area contributed by atoms with Gasteiger partial charge in [-0.1, -0.05) is 0 Å². The molecule has 2 aromatic rings. The minimum absolute atomic E-state index is 0.0760. The van der Waals surface area contributed by atoms with Crippen LogP contribution >= 0.6 is 5.30 Å². The number of hydrogen-bond donors (Lipinski definition) is 0. The Morgan fingerprint density at radius 1 is 0.714 bits per heavy atom. The second-order valence-corrected chi connectivity index (χ2v) is 19.5. The molecule has 0 aromatic heterocycles. The van der Waals surface area contributed by atoms with E-state index in [0.29, 0.717) is 40.9 Å². The summed E-state index contributed by atoms with van der Waals surface area (Å²) in [6, 6.07) is 16.1. The fourth-order valence-corrected chi connectivity index (χ4v) is 21.8. The Kier molecular flexibility index (Phi) is 4.94. The van der Waals surface area contributed by atoms with E-state index >= 15 is 0 Å². The zero-order valence-corrected chi connectivity index (χ0v) is 17.3. The van der Waals surface area contributed by atoms with Crippen molar-refractivity contribution >= 4 is 48.6 Å². The average molecular weight is 426 g/mol. The van der Waals surface area contributed by atoms with Crippen molar-refractivity contribution in [3.63, 3.8) is 0 Å². The average Bonchev–Trinajstić information content (AvgIpc) is 2.91. The molecule has 0 atom stereocenters. The second-order valence-electron chi connectivity index (χ2n) is 5.99. The molecule has 21 heavy (non-hydrogen) atoms. The van der Waals surface area contributed by atoms with E-state index < -0.39 is 0 Å². The first-order valence-electron chi connectivity index (χ1n) is 7.46. The summed E-state index contributed by atoms with van der Waals surface area (Å²) in [6.07, 6.45) is 0. The van der Waals surface area contributed by atoms with Gasteiger partial charge in [0.1, 0.15) is 0 Å². The van der Waals surface area contributed by atoms with Gasteiger partial charge in [-0.2, -0.15) is 0 Å². The summed E-state index contributed by atoms with van der Waals surface area (Å²) in [5.41, 5.74) is 3.24. The summed E-state index contributed by atoms with van der Waals surface area (Å²) in [6.45, 7) is 9.38. The van der Waals surface area contributed by atoms with Crippen LogP contribution in [0.3, 0.4) is 0 Å². The molecule has 0 bridgehead atoms. The van der Waals surface area contributed by atoms with Crippen LogP contribution in [0.15, 0.2) is 42.5 Å². The molecule has 0 N–H and O–H groups in total. The summed E-state index contributed by atoms with van der Waals surface area (Å²) >= 11 is 1.33. The second kappa shape index (κ2) is 6.57. The van der Waals surface area contributed by atoms with Gasteiger partial charge in [0, 0.05) is 0 Å². The third-order valence-corrected chi connectivity index (χ3v) is 19.6. The monoisotopic (exact) mass is 428 g/mol. The summed E-state index contributed by atoms with van der Waals surface area (Å²) in [5, 5.41) is 1.69. The summed E-state index contributed by atoms with van der Waals surface area (Å²) in [7, 11) is 0. The fourth-order valence-electron chi connectivity index (χ4n) is 2.53. The number of benzene rings is 2. The molecule has 0 aliphatic carbocycles.